The summed E-state index contributed by atoms with van der Waals surface area (Å²) in [6, 6.07) is 5.61. The smallest absolute Gasteiger partial charge is 0.338 e. The van der Waals surface area contributed by atoms with Gasteiger partial charge in [0, 0.05) is 11.8 Å². The van der Waals surface area contributed by atoms with Gasteiger partial charge in [-0.2, -0.15) is 5.10 Å². The molecular weight excluding hydrogens is 334 g/mol. The van der Waals surface area contributed by atoms with Crippen molar-refractivity contribution >= 4 is 5.97 Å². The molecule has 3 aromatic rings. The number of aryl methyl sites for hydroxylation is 2. The molecule has 0 aliphatic heterocycles. The summed E-state index contributed by atoms with van der Waals surface area (Å²) in [5.74, 6) is 0.790. The molecule has 0 spiro atoms. The van der Waals surface area contributed by atoms with E-state index in [-0.39, 0.29) is 5.56 Å². The maximum atomic E-state index is 11.1. The Morgan fingerprint density at radius 3 is 2.69 bits per heavy atom. The first-order valence-electron chi connectivity index (χ1n) is 8.35. The highest BCUT2D eigenvalue weighted by molar-refractivity contribution is 5.87. The van der Waals surface area contributed by atoms with Crippen molar-refractivity contribution in [1.82, 2.24) is 14.9 Å². The van der Waals surface area contributed by atoms with Crippen molar-refractivity contribution in [2.45, 2.75) is 27.7 Å². The predicted molar refractivity (Wildman–Crippen MR) is 95.8 cm³/mol. The van der Waals surface area contributed by atoms with Gasteiger partial charge < -0.3 is 14.4 Å². The molecule has 1 aromatic carbocycles. The van der Waals surface area contributed by atoms with Gasteiger partial charge in [0.2, 0.25) is 0 Å². The molecule has 0 aliphatic carbocycles. The second kappa shape index (κ2) is 7.03. The quantitative estimate of drug-likeness (QED) is 0.722. The average molecular weight is 355 g/mol. The van der Waals surface area contributed by atoms with E-state index in [0.717, 1.165) is 28.3 Å². The molecule has 0 radical (unpaired) electrons. The van der Waals surface area contributed by atoms with Gasteiger partial charge in [-0.1, -0.05) is 19.0 Å². The van der Waals surface area contributed by atoms with Crippen LogP contribution in [-0.2, 0) is 0 Å². The van der Waals surface area contributed by atoms with Gasteiger partial charge in [-0.25, -0.2) is 9.48 Å². The Morgan fingerprint density at radius 2 is 2.12 bits per heavy atom. The zero-order valence-corrected chi connectivity index (χ0v) is 15.2. The summed E-state index contributed by atoms with van der Waals surface area (Å²) in [6.07, 6.45) is 2.80. The Hall–Kier alpha value is -3.09. The minimum Gasteiger partial charge on any atom is -0.493 e. The van der Waals surface area contributed by atoms with Crippen LogP contribution in [0, 0.1) is 19.8 Å². The van der Waals surface area contributed by atoms with Gasteiger partial charge in [0.1, 0.15) is 11.5 Å². The fraction of sp³-hybridized carbons (Fsp3) is 0.316. The van der Waals surface area contributed by atoms with Crippen LogP contribution in [0.25, 0.3) is 16.8 Å². The molecule has 0 fully saturated rings. The fourth-order valence-electron chi connectivity index (χ4n) is 2.68. The first-order chi connectivity index (χ1) is 12.4. The van der Waals surface area contributed by atoms with Crippen LogP contribution in [0.5, 0.6) is 5.75 Å². The third-order valence-electron chi connectivity index (χ3n) is 3.93. The van der Waals surface area contributed by atoms with Crippen molar-refractivity contribution in [3.63, 3.8) is 0 Å². The molecule has 0 aliphatic rings. The number of rotatable bonds is 6. The summed E-state index contributed by atoms with van der Waals surface area (Å²) in [5.41, 5.74) is 3.33. The van der Waals surface area contributed by atoms with E-state index in [1.54, 1.807) is 0 Å². The van der Waals surface area contributed by atoms with Gasteiger partial charge in [0.05, 0.1) is 35.3 Å². The van der Waals surface area contributed by atoms with Gasteiger partial charge in [-0.3, -0.25) is 0 Å². The van der Waals surface area contributed by atoms with E-state index in [2.05, 4.69) is 24.1 Å². The zero-order chi connectivity index (χ0) is 18.8. The Bertz CT molecular complexity index is 921. The molecule has 0 saturated carbocycles. The topological polar surface area (TPSA) is 90.4 Å². The fourth-order valence-corrected chi connectivity index (χ4v) is 2.68. The second-order valence-corrected chi connectivity index (χ2v) is 6.56. The highest BCUT2D eigenvalue weighted by Crippen LogP contribution is 2.36. The molecule has 2 aromatic heterocycles. The van der Waals surface area contributed by atoms with E-state index in [1.807, 2.05) is 32.0 Å². The van der Waals surface area contributed by atoms with Crippen LogP contribution in [0.3, 0.4) is 0 Å². The summed E-state index contributed by atoms with van der Waals surface area (Å²) >= 11 is 0. The summed E-state index contributed by atoms with van der Waals surface area (Å²) in [4.78, 5) is 11.1. The third-order valence-corrected chi connectivity index (χ3v) is 3.93. The maximum absolute atomic E-state index is 11.1. The van der Waals surface area contributed by atoms with Gasteiger partial charge in [-0.15, -0.1) is 0 Å². The third kappa shape index (κ3) is 3.46. The summed E-state index contributed by atoms with van der Waals surface area (Å²) in [7, 11) is 0. The largest absolute Gasteiger partial charge is 0.493 e. The van der Waals surface area contributed by atoms with Crippen LogP contribution < -0.4 is 4.74 Å². The average Bonchev–Trinajstić information content (AvgIpc) is 3.20. The number of carbonyl (C=O) groups is 1. The van der Waals surface area contributed by atoms with E-state index >= 15 is 0 Å². The number of benzene rings is 1. The second-order valence-electron chi connectivity index (χ2n) is 6.56. The molecule has 0 unspecified atom stereocenters. The molecule has 7 nitrogen and oxygen atoms in total. The molecule has 0 atom stereocenters. The molecule has 136 valence electrons. The number of aromatic nitrogens is 3. The zero-order valence-electron chi connectivity index (χ0n) is 15.2. The number of ether oxygens (including phenoxy) is 1. The van der Waals surface area contributed by atoms with Gasteiger partial charge in [0.15, 0.2) is 0 Å². The Balaban J connectivity index is 2.09. The van der Waals surface area contributed by atoms with E-state index in [0.29, 0.717) is 18.3 Å². The van der Waals surface area contributed by atoms with Crippen LogP contribution in [0.15, 0.2) is 35.1 Å². The normalized spacial score (nSPS) is 11.1. The van der Waals surface area contributed by atoms with Crippen LogP contribution in [0.4, 0.5) is 0 Å². The lowest BCUT2D eigenvalue weighted by Gasteiger charge is -2.14. The Labute approximate surface area is 151 Å². The van der Waals surface area contributed by atoms with Gasteiger partial charge >= 0.3 is 5.97 Å². The highest BCUT2D eigenvalue weighted by atomic mass is 16.5. The Morgan fingerprint density at radius 1 is 1.35 bits per heavy atom. The van der Waals surface area contributed by atoms with Crippen LogP contribution >= 0.6 is 0 Å². The molecule has 0 amide bonds. The molecule has 0 saturated heterocycles. The van der Waals surface area contributed by atoms with Gasteiger partial charge in [0.25, 0.3) is 0 Å². The van der Waals surface area contributed by atoms with Crippen LogP contribution in [0.1, 0.15) is 35.7 Å². The van der Waals surface area contributed by atoms with E-state index in [1.165, 1.54) is 17.1 Å². The molecule has 7 heteroatoms. The minimum absolute atomic E-state index is 0.129. The number of carboxylic acid groups (broad SMARTS) is 1. The minimum atomic E-state index is -1.01. The summed E-state index contributed by atoms with van der Waals surface area (Å²) in [6.45, 7) is 8.48. The van der Waals surface area contributed by atoms with Crippen molar-refractivity contribution in [3.8, 4) is 22.6 Å². The van der Waals surface area contributed by atoms with Gasteiger partial charge in [-0.05, 0) is 38.0 Å². The van der Waals surface area contributed by atoms with Crippen molar-refractivity contribution < 1.29 is 19.2 Å². The summed E-state index contributed by atoms with van der Waals surface area (Å²) < 4.78 is 12.8. The number of nitrogens with zero attached hydrogens (tertiary/aromatic N) is 3. The van der Waals surface area contributed by atoms with E-state index in [9.17, 15) is 4.79 Å². The number of hydrogen-bond acceptors (Lipinski definition) is 5. The molecule has 2 heterocycles. The number of carboxylic acids is 1. The lowest BCUT2D eigenvalue weighted by atomic mass is 10.0. The first kappa shape index (κ1) is 17.7. The monoisotopic (exact) mass is 355 g/mol. The summed E-state index contributed by atoms with van der Waals surface area (Å²) in [5, 5.41) is 17.3. The van der Waals surface area contributed by atoms with E-state index in [4.69, 9.17) is 14.4 Å². The van der Waals surface area contributed by atoms with Crippen LogP contribution in [-0.4, -0.2) is 32.6 Å². The molecule has 1 N–H and O–H groups in total. The lowest BCUT2D eigenvalue weighted by molar-refractivity contribution is 0.0697. The predicted octanol–water partition coefficient (Wildman–Crippen LogP) is 3.88. The standard InChI is InChI=1S/C19H21N3O4/c1-11(2)10-25-17-6-5-15(22-9-14(8-20-22)19(23)24)7-16(17)18-12(3)21-26-13(18)4/h5-9,11H,10H2,1-4H3,(H,23,24). The van der Waals surface area contributed by atoms with Crippen molar-refractivity contribution in [3.05, 3.63) is 47.6 Å². The molecular formula is C19H21N3O4. The Kier molecular flexibility index (Phi) is 4.79. The van der Waals surface area contributed by atoms with Crippen molar-refractivity contribution in [2.24, 2.45) is 5.92 Å². The molecule has 26 heavy (non-hydrogen) atoms. The number of hydrogen-bond donors (Lipinski definition) is 1. The number of aromatic carboxylic acids is 1. The SMILES string of the molecule is Cc1noc(C)c1-c1cc(-n2cc(C(=O)O)cn2)ccc1OCC(C)C. The lowest BCUT2D eigenvalue weighted by Crippen LogP contribution is -2.06. The van der Waals surface area contributed by atoms with E-state index < -0.39 is 5.97 Å². The molecule has 0 bridgehead atoms. The van der Waals surface area contributed by atoms with Crippen molar-refractivity contribution in [2.75, 3.05) is 6.61 Å². The first-order valence-corrected chi connectivity index (χ1v) is 8.35. The van der Waals surface area contributed by atoms with Crippen LogP contribution in [0.2, 0.25) is 0 Å². The highest BCUT2D eigenvalue weighted by Gasteiger charge is 2.18. The van der Waals surface area contributed by atoms with Crippen molar-refractivity contribution in [1.29, 1.82) is 0 Å². The molecule has 3 rings (SSSR count). The maximum Gasteiger partial charge on any atom is 0.338 e.